The first kappa shape index (κ1) is 13.9. The molecule has 3 nitrogen and oxygen atoms in total. The molecule has 0 atom stereocenters. The lowest BCUT2D eigenvalue weighted by molar-refractivity contribution is -0.123. The largest absolute Gasteiger partial charge is 0.289 e. The Morgan fingerprint density at radius 1 is 0.800 bits per heavy atom. The van der Waals surface area contributed by atoms with Gasteiger partial charge in [-0.05, 0) is 12.2 Å². The summed E-state index contributed by atoms with van der Waals surface area (Å²) in [6.45, 7) is 0. The zero-order valence-electron chi connectivity index (χ0n) is 9.44. The molecular formula is C12H4F5NO2. The van der Waals surface area contributed by atoms with Crippen LogP contribution >= 0.6 is 0 Å². The van der Waals surface area contributed by atoms with E-state index in [-0.39, 0.29) is 5.57 Å². The first-order valence-electron chi connectivity index (χ1n) is 5.09. The summed E-state index contributed by atoms with van der Waals surface area (Å²) in [7, 11) is 0. The highest BCUT2D eigenvalue weighted by Gasteiger charge is 2.25. The Hall–Kier alpha value is -2.51. The molecule has 1 aliphatic rings. The molecule has 8 heteroatoms. The van der Waals surface area contributed by atoms with E-state index in [1.807, 2.05) is 5.32 Å². The van der Waals surface area contributed by atoms with E-state index in [0.717, 1.165) is 12.2 Å². The number of nitrogens with one attached hydrogen (secondary N) is 1. The van der Waals surface area contributed by atoms with Gasteiger partial charge in [-0.15, -0.1) is 0 Å². The third-order valence-corrected chi connectivity index (χ3v) is 2.46. The van der Waals surface area contributed by atoms with Crippen molar-refractivity contribution < 1.29 is 31.5 Å². The Bertz CT molecular complexity index is 665. The standard InChI is InChI=1S/C12H4F5NO2/c13-7-5(8(14)10(16)11(17)9(7)15)2-1-4-3-6(19)18-12(4)20/h1-3H,(H,18,19,20). The van der Waals surface area contributed by atoms with Gasteiger partial charge < -0.3 is 0 Å². The number of halogens is 5. The lowest BCUT2D eigenvalue weighted by Gasteiger charge is -2.04. The average molecular weight is 289 g/mol. The van der Waals surface area contributed by atoms with E-state index >= 15 is 0 Å². The maximum atomic E-state index is 13.3. The Labute approximate surface area is 108 Å². The molecule has 1 heterocycles. The van der Waals surface area contributed by atoms with Gasteiger partial charge in [0.2, 0.25) is 5.82 Å². The maximum Gasteiger partial charge on any atom is 0.258 e. The van der Waals surface area contributed by atoms with Gasteiger partial charge in [-0.1, -0.05) is 0 Å². The van der Waals surface area contributed by atoms with Crippen LogP contribution in [0.25, 0.3) is 6.08 Å². The Kier molecular flexibility index (Phi) is 3.39. The fourth-order valence-corrected chi connectivity index (χ4v) is 1.49. The topological polar surface area (TPSA) is 46.2 Å². The van der Waals surface area contributed by atoms with E-state index in [1.54, 1.807) is 0 Å². The molecule has 1 N–H and O–H groups in total. The van der Waals surface area contributed by atoms with Crippen LogP contribution in [0.1, 0.15) is 5.56 Å². The Morgan fingerprint density at radius 3 is 1.75 bits per heavy atom. The fourth-order valence-electron chi connectivity index (χ4n) is 1.49. The van der Waals surface area contributed by atoms with Crippen LogP contribution in [-0.2, 0) is 9.59 Å². The van der Waals surface area contributed by atoms with Crippen LogP contribution in [0.2, 0.25) is 0 Å². The van der Waals surface area contributed by atoms with Crippen molar-refractivity contribution in [2.75, 3.05) is 0 Å². The summed E-state index contributed by atoms with van der Waals surface area (Å²) in [4.78, 5) is 21.9. The summed E-state index contributed by atoms with van der Waals surface area (Å²) in [6, 6.07) is 0. The minimum Gasteiger partial charge on any atom is -0.289 e. The second-order valence-electron chi connectivity index (χ2n) is 3.73. The number of hydrogen-bond donors (Lipinski definition) is 1. The number of carbonyl (C=O) groups is 2. The van der Waals surface area contributed by atoms with Gasteiger partial charge in [0.1, 0.15) is 0 Å². The van der Waals surface area contributed by atoms with Gasteiger partial charge in [0.05, 0.1) is 5.56 Å². The quantitative estimate of drug-likeness (QED) is 0.391. The molecule has 2 amide bonds. The number of hydrogen-bond acceptors (Lipinski definition) is 2. The molecule has 0 saturated carbocycles. The van der Waals surface area contributed by atoms with E-state index in [1.165, 1.54) is 0 Å². The van der Waals surface area contributed by atoms with Crippen molar-refractivity contribution in [1.82, 2.24) is 5.32 Å². The highest BCUT2D eigenvalue weighted by Crippen LogP contribution is 2.24. The van der Waals surface area contributed by atoms with Gasteiger partial charge in [-0.3, -0.25) is 14.9 Å². The van der Waals surface area contributed by atoms with Gasteiger partial charge in [-0.25, -0.2) is 22.0 Å². The zero-order valence-corrected chi connectivity index (χ0v) is 9.44. The normalized spacial score (nSPS) is 14.9. The number of amides is 2. The second-order valence-corrected chi connectivity index (χ2v) is 3.73. The molecule has 0 radical (unpaired) electrons. The molecule has 0 fully saturated rings. The monoisotopic (exact) mass is 289 g/mol. The smallest absolute Gasteiger partial charge is 0.258 e. The SMILES string of the molecule is O=C1C=C(C=Cc2c(F)c(F)c(F)c(F)c2F)C(=O)N1. The van der Waals surface area contributed by atoms with Crippen molar-refractivity contribution in [2.24, 2.45) is 0 Å². The molecular weight excluding hydrogens is 285 g/mol. The van der Waals surface area contributed by atoms with Crippen molar-refractivity contribution >= 4 is 17.9 Å². The summed E-state index contributed by atoms with van der Waals surface area (Å²) >= 11 is 0. The van der Waals surface area contributed by atoms with Crippen LogP contribution < -0.4 is 5.32 Å². The summed E-state index contributed by atoms with van der Waals surface area (Å²) in [5.41, 5.74) is -1.46. The lowest BCUT2D eigenvalue weighted by Crippen LogP contribution is -2.21. The summed E-state index contributed by atoms with van der Waals surface area (Å²) in [6.07, 6.45) is 2.13. The van der Waals surface area contributed by atoms with Crippen molar-refractivity contribution in [1.29, 1.82) is 0 Å². The third kappa shape index (κ3) is 2.20. The van der Waals surface area contributed by atoms with Crippen molar-refractivity contribution in [3.8, 4) is 0 Å². The predicted molar refractivity (Wildman–Crippen MR) is 56.5 cm³/mol. The molecule has 0 aromatic heterocycles. The van der Waals surface area contributed by atoms with Crippen LogP contribution in [0.4, 0.5) is 22.0 Å². The van der Waals surface area contributed by atoms with Crippen molar-refractivity contribution in [2.45, 2.75) is 0 Å². The maximum absolute atomic E-state index is 13.3. The summed E-state index contributed by atoms with van der Waals surface area (Å²) in [5, 5.41) is 1.85. The molecule has 20 heavy (non-hydrogen) atoms. The predicted octanol–water partition coefficient (Wildman–Crippen LogP) is 1.98. The highest BCUT2D eigenvalue weighted by molar-refractivity contribution is 6.18. The van der Waals surface area contributed by atoms with Gasteiger partial charge in [0, 0.05) is 11.6 Å². The Balaban J connectivity index is 2.48. The van der Waals surface area contributed by atoms with E-state index in [0.29, 0.717) is 6.08 Å². The lowest BCUT2D eigenvalue weighted by atomic mass is 10.1. The highest BCUT2D eigenvalue weighted by atomic mass is 19.2. The van der Waals surface area contributed by atoms with Crippen LogP contribution in [0.15, 0.2) is 17.7 Å². The number of carbonyl (C=O) groups excluding carboxylic acids is 2. The van der Waals surface area contributed by atoms with E-state index in [9.17, 15) is 31.5 Å². The number of benzene rings is 1. The van der Waals surface area contributed by atoms with Crippen LogP contribution in [0.5, 0.6) is 0 Å². The van der Waals surface area contributed by atoms with Crippen molar-refractivity contribution in [3.05, 3.63) is 52.4 Å². The molecule has 1 aliphatic heterocycles. The molecule has 1 aromatic carbocycles. The third-order valence-electron chi connectivity index (χ3n) is 2.46. The van der Waals surface area contributed by atoms with Crippen LogP contribution in [0, 0.1) is 29.1 Å². The van der Waals surface area contributed by atoms with Gasteiger partial charge in [-0.2, -0.15) is 0 Å². The number of imide groups is 1. The molecule has 0 spiro atoms. The molecule has 2 rings (SSSR count). The molecule has 1 aromatic rings. The zero-order chi connectivity index (χ0) is 15.0. The summed E-state index contributed by atoms with van der Waals surface area (Å²) < 4.78 is 65.2. The molecule has 0 bridgehead atoms. The van der Waals surface area contributed by atoms with E-state index in [2.05, 4.69) is 0 Å². The van der Waals surface area contributed by atoms with E-state index < -0.39 is 46.5 Å². The van der Waals surface area contributed by atoms with Crippen molar-refractivity contribution in [3.63, 3.8) is 0 Å². The first-order valence-corrected chi connectivity index (χ1v) is 5.09. The second kappa shape index (κ2) is 4.87. The first-order chi connectivity index (χ1) is 9.32. The molecule has 104 valence electrons. The van der Waals surface area contributed by atoms with Gasteiger partial charge in [0.15, 0.2) is 23.3 Å². The fraction of sp³-hybridized carbons (Fsp3) is 0. The molecule has 0 saturated heterocycles. The summed E-state index contributed by atoms with van der Waals surface area (Å²) in [5.74, 6) is -12.1. The molecule has 0 unspecified atom stereocenters. The Morgan fingerprint density at radius 2 is 1.30 bits per heavy atom. The average Bonchev–Trinajstić information content (AvgIpc) is 2.72. The van der Waals surface area contributed by atoms with E-state index in [4.69, 9.17) is 0 Å². The molecule has 0 aliphatic carbocycles. The van der Waals surface area contributed by atoms with Gasteiger partial charge >= 0.3 is 0 Å². The number of rotatable bonds is 2. The minimum atomic E-state index is -2.27. The van der Waals surface area contributed by atoms with Crippen LogP contribution in [0.3, 0.4) is 0 Å². The van der Waals surface area contributed by atoms with Crippen LogP contribution in [-0.4, -0.2) is 11.8 Å². The minimum absolute atomic E-state index is 0.265. The van der Waals surface area contributed by atoms with Gasteiger partial charge in [0.25, 0.3) is 11.8 Å².